The molecule has 1 amide bonds. The first kappa shape index (κ1) is 13.5. The number of aromatic nitrogens is 2. The van der Waals surface area contributed by atoms with Gasteiger partial charge in [-0.1, -0.05) is 13.8 Å². The SMILES string of the molecule is CCN(CC)CCCNC(=O)c1[nH]ncc1N. The maximum Gasteiger partial charge on any atom is 0.271 e. The van der Waals surface area contributed by atoms with Gasteiger partial charge in [0.1, 0.15) is 5.69 Å². The zero-order valence-corrected chi connectivity index (χ0v) is 10.5. The van der Waals surface area contributed by atoms with E-state index in [1.807, 2.05) is 0 Å². The second-order valence-electron chi connectivity index (χ2n) is 3.84. The number of amides is 1. The summed E-state index contributed by atoms with van der Waals surface area (Å²) in [4.78, 5) is 14.0. The molecule has 1 rings (SSSR count). The first-order valence-electron chi connectivity index (χ1n) is 5.98. The van der Waals surface area contributed by atoms with E-state index in [1.165, 1.54) is 6.20 Å². The van der Waals surface area contributed by atoms with E-state index in [1.54, 1.807) is 0 Å². The van der Waals surface area contributed by atoms with Gasteiger partial charge in [-0.2, -0.15) is 5.10 Å². The predicted octanol–water partition coefficient (Wildman–Crippen LogP) is 0.454. The van der Waals surface area contributed by atoms with Crippen LogP contribution in [0, 0.1) is 0 Å². The molecule has 0 saturated heterocycles. The summed E-state index contributed by atoms with van der Waals surface area (Å²) < 4.78 is 0. The molecule has 0 aromatic carbocycles. The minimum Gasteiger partial charge on any atom is -0.396 e. The third-order valence-electron chi connectivity index (χ3n) is 2.73. The molecule has 17 heavy (non-hydrogen) atoms. The van der Waals surface area contributed by atoms with Gasteiger partial charge in [0.25, 0.3) is 5.91 Å². The fraction of sp³-hybridized carbons (Fsp3) is 0.636. The molecule has 0 atom stereocenters. The van der Waals surface area contributed by atoms with Gasteiger partial charge in [-0.15, -0.1) is 0 Å². The fourth-order valence-electron chi connectivity index (χ4n) is 1.61. The van der Waals surface area contributed by atoms with Crippen molar-refractivity contribution in [3.05, 3.63) is 11.9 Å². The van der Waals surface area contributed by atoms with Crippen molar-refractivity contribution in [1.82, 2.24) is 20.4 Å². The molecule has 1 aromatic rings. The largest absolute Gasteiger partial charge is 0.396 e. The van der Waals surface area contributed by atoms with Crippen LogP contribution in [-0.4, -0.2) is 47.2 Å². The Morgan fingerprint density at radius 2 is 2.24 bits per heavy atom. The van der Waals surface area contributed by atoms with Gasteiger partial charge in [-0.25, -0.2) is 0 Å². The standard InChI is InChI=1S/C11H21N5O/c1-3-16(4-2)7-5-6-13-11(17)10-9(12)8-14-15-10/h8H,3-7,12H2,1-2H3,(H,13,17)(H,14,15). The Balaban J connectivity index is 2.23. The van der Waals surface area contributed by atoms with Crippen LogP contribution in [-0.2, 0) is 0 Å². The fourth-order valence-corrected chi connectivity index (χ4v) is 1.61. The molecule has 0 bridgehead atoms. The third-order valence-corrected chi connectivity index (χ3v) is 2.73. The Bertz CT molecular complexity index is 345. The Kier molecular flexibility index (Phi) is 5.48. The number of nitrogens with one attached hydrogen (secondary N) is 2. The Morgan fingerprint density at radius 3 is 2.76 bits per heavy atom. The van der Waals surface area contributed by atoms with Gasteiger partial charge in [-0.05, 0) is 26.1 Å². The van der Waals surface area contributed by atoms with E-state index < -0.39 is 0 Å². The minimum atomic E-state index is -0.195. The summed E-state index contributed by atoms with van der Waals surface area (Å²) in [5.74, 6) is -0.195. The molecule has 96 valence electrons. The van der Waals surface area contributed by atoms with Crippen LogP contribution in [0.4, 0.5) is 5.69 Å². The van der Waals surface area contributed by atoms with E-state index in [9.17, 15) is 4.79 Å². The van der Waals surface area contributed by atoms with E-state index in [2.05, 4.69) is 34.3 Å². The summed E-state index contributed by atoms with van der Waals surface area (Å²) in [5, 5.41) is 9.10. The first-order chi connectivity index (χ1) is 8.19. The van der Waals surface area contributed by atoms with Crippen LogP contribution in [0.25, 0.3) is 0 Å². The van der Waals surface area contributed by atoms with Crippen molar-refractivity contribution in [2.75, 3.05) is 31.9 Å². The van der Waals surface area contributed by atoms with Crippen molar-refractivity contribution < 1.29 is 4.79 Å². The van der Waals surface area contributed by atoms with E-state index in [-0.39, 0.29) is 5.91 Å². The number of rotatable bonds is 7. The molecule has 6 nitrogen and oxygen atoms in total. The van der Waals surface area contributed by atoms with Crippen LogP contribution in [0.15, 0.2) is 6.20 Å². The number of hydrogen-bond acceptors (Lipinski definition) is 4. The number of hydrogen-bond donors (Lipinski definition) is 3. The van der Waals surface area contributed by atoms with Crippen LogP contribution in [0.1, 0.15) is 30.8 Å². The molecule has 0 fully saturated rings. The van der Waals surface area contributed by atoms with Gasteiger partial charge >= 0.3 is 0 Å². The van der Waals surface area contributed by atoms with Crippen LogP contribution in [0.5, 0.6) is 0 Å². The average molecular weight is 239 g/mol. The lowest BCUT2D eigenvalue weighted by Crippen LogP contribution is -2.30. The number of nitrogens with zero attached hydrogens (tertiary/aromatic N) is 2. The molecule has 0 aliphatic heterocycles. The molecule has 0 radical (unpaired) electrons. The van der Waals surface area contributed by atoms with Gasteiger partial charge in [0, 0.05) is 6.54 Å². The zero-order valence-electron chi connectivity index (χ0n) is 10.5. The monoisotopic (exact) mass is 239 g/mol. The highest BCUT2D eigenvalue weighted by Gasteiger charge is 2.10. The number of carbonyl (C=O) groups excluding carboxylic acids is 1. The van der Waals surface area contributed by atoms with Crippen molar-refractivity contribution in [2.45, 2.75) is 20.3 Å². The molecule has 1 heterocycles. The zero-order chi connectivity index (χ0) is 12.7. The molecular weight excluding hydrogens is 218 g/mol. The first-order valence-corrected chi connectivity index (χ1v) is 5.98. The second-order valence-corrected chi connectivity index (χ2v) is 3.84. The molecule has 4 N–H and O–H groups in total. The van der Waals surface area contributed by atoms with Gasteiger partial charge in [0.05, 0.1) is 11.9 Å². The average Bonchev–Trinajstić information content (AvgIpc) is 2.75. The maximum atomic E-state index is 11.6. The van der Waals surface area contributed by atoms with Gasteiger partial charge in [-0.3, -0.25) is 9.89 Å². The maximum absolute atomic E-state index is 11.6. The highest BCUT2D eigenvalue weighted by Crippen LogP contribution is 2.04. The number of H-pyrrole nitrogens is 1. The Morgan fingerprint density at radius 1 is 1.53 bits per heavy atom. The number of aromatic amines is 1. The second kappa shape index (κ2) is 6.90. The number of nitrogens with two attached hydrogens (primary N) is 1. The minimum absolute atomic E-state index is 0.195. The van der Waals surface area contributed by atoms with Crippen LogP contribution >= 0.6 is 0 Å². The van der Waals surface area contributed by atoms with Crippen LogP contribution in [0.3, 0.4) is 0 Å². The van der Waals surface area contributed by atoms with E-state index in [0.717, 1.165) is 26.1 Å². The van der Waals surface area contributed by atoms with Gasteiger partial charge < -0.3 is 16.0 Å². The molecule has 0 aliphatic carbocycles. The Hall–Kier alpha value is -1.56. The lowest BCUT2D eigenvalue weighted by molar-refractivity contribution is 0.0947. The highest BCUT2D eigenvalue weighted by atomic mass is 16.1. The van der Waals surface area contributed by atoms with E-state index >= 15 is 0 Å². The van der Waals surface area contributed by atoms with Crippen molar-refractivity contribution in [1.29, 1.82) is 0 Å². The third kappa shape index (κ3) is 4.07. The predicted molar refractivity (Wildman–Crippen MR) is 67.7 cm³/mol. The lowest BCUT2D eigenvalue weighted by Gasteiger charge is -2.17. The van der Waals surface area contributed by atoms with Crippen molar-refractivity contribution in [2.24, 2.45) is 0 Å². The van der Waals surface area contributed by atoms with Crippen molar-refractivity contribution in [3.63, 3.8) is 0 Å². The topological polar surface area (TPSA) is 87.0 Å². The Labute approximate surface area is 102 Å². The summed E-state index contributed by atoms with van der Waals surface area (Å²) >= 11 is 0. The summed E-state index contributed by atoms with van der Waals surface area (Å²) in [6.07, 6.45) is 2.37. The molecular formula is C11H21N5O. The quantitative estimate of drug-likeness (QED) is 0.603. The molecule has 0 unspecified atom stereocenters. The van der Waals surface area contributed by atoms with E-state index in [4.69, 9.17) is 5.73 Å². The summed E-state index contributed by atoms with van der Waals surface area (Å²) in [7, 11) is 0. The van der Waals surface area contributed by atoms with E-state index in [0.29, 0.717) is 17.9 Å². The molecule has 0 saturated carbocycles. The highest BCUT2D eigenvalue weighted by molar-refractivity contribution is 5.96. The molecule has 0 aliphatic rings. The number of anilines is 1. The van der Waals surface area contributed by atoms with Crippen molar-refractivity contribution in [3.8, 4) is 0 Å². The smallest absolute Gasteiger partial charge is 0.271 e. The lowest BCUT2D eigenvalue weighted by atomic mass is 10.3. The molecule has 1 aromatic heterocycles. The normalized spacial score (nSPS) is 10.8. The van der Waals surface area contributed by atoms with Crippen molar-refractivity contribution >= 4 is 11.6 Å². The molecule has 0 spiro atoms. The summed E-state index contributed by atoms with van der Waals surface area (Å²) in [5.41, 5.74) is 6.30. The number of nitrogen functional groups attached to an aromatic ring is 1. The van der Waals surface area contributed by atoms with Gasteiger partial charge in [0.15, 0.2) is 0 Å². The van der Waals surface area contributed by atoms with Crippen LogP contribution in [0.2, 0.25) is 0 Å². The van der Waals surface area contributed by atoms with Crippen LogP contribution < -0.4 is 11.1 Å². The number of carbonyl (C=O) groups is 1. The molecule has 6 heteroatoms. The summed E-state index contributed by atoms with van der Waals surface area (Å²) in [6, 6.07) is 0. The summed E-state index contributed by atoms with van der Waals surface area (Å²) in [6.45, 7) is 7.98. The van der Waals surface area contributed by atoms with Gasteiger partial charge in [0.2, 0.25) is 0 Å².